The summed E-state index contributed by atoms with van der Waals surface area (Å²) in [5.74, 6) is 2.31. The Kier molecular flexibility index (Phi) is 6.61. The molecule has 0 saturated carbocycles. The molecule has 1 atom stereocenters. The lowest BCUT2D eigenvalue weighted by Gasteiger charge is -2.22. The summed E-state index contributed by atoms with van der Waals surface area (Å²) in [6.07, 6.45) is 1.12. The van der Waals surface area contributed by atoms with Crippen molar-refractivity contribution in [3.05, 3.63) is 52.0 Å². The second-order valence-electron chi connectivity index (χ2n) is 6.38. The lowest BCUT2D eigenvalue weighted by molar-refractivity contribution is -0.121. The number of nitrogens with one attached hydrogen (secondary N) is 1. The summed E-state index contributed by atoms with van der Waals surface area (Å²) < 4.78 is 17.5. The van der Waals surface area contributed by atoms with E-state index in [1.807, 2.05) is 50.2 Å². The van der Waals surface area contributed by atoms with Crippen molar-refractivity contribution in [3.8, 4) is 17.2 Å². The molecule has 0 saturated heterocycles. The summed E-state index contributed by atoms with van der Waals surface area (Å²) in [5, 5.41) is 3.06. The standard InChI is InChI=1S/C21H24BrNO4/c1-3-25-16-7-4-15(5-8-16)6-9-21(24)23-14(2)17-12-19-20(13-18(17)22)27-11-10-26-19/h4-5,7-8,12-14H,3,6,9-11H2,1-2H3,(H,23,24). The van der Waals surface area contributed by atoms with Gasteiger partial charge in [-0.05, 0) is 55.7 Å². The Morgan fingerprint density at radius 2 is 1.85 bits per heavy atom. The first-order valence-electron chi connectivity index (χ1n) is 9.17. The third kappa shape index (κ3) is 5.16. The maximum Gasteiger partial charge on any atom is 0.220 e. The van der Waals surface area contributed by atoms with Crippen molar-refractivity contribution < 1.29 is 19.0 Å². The van der Waals surface area contributed by atoms with Gasteiger partial charge < -0.3 is 19.5 Å². The molecule has 1 N–H and O–H groups in total. The molecule has 2 aromatic carbocycles. The first-order valence-corrected chi connectivity index (χ1v) is 9.96. The highest BCUT2D eigenvalue weighted by Gasteiger charge is 2.19. The molecule has 1 unspecified atom stereocenters. The maximum absolute atomic E-state index is 12.4. The molecule has 1 aliphatic rings. The highest BCUT2D eigenvalue weighted by molar-refractivity contribution is 9.10. The topological polar surface area (TPSA) is 56.8 Å². The number of carbonyl (C=O) groups is 1. The van der Waals surface area contributed by atoms with E-state index >= 15 is 0 Å². The van der Waals surface area contributed by atoms with Gasteiger partial charge in [0.25, 0.3) is 0 Å². The van der Waals surface area contributed by atoms with Crippen LogP contribution in [0.25, 0.3) is 0 Å². The fourth-order valence-corrected chi connectivity index (χ4v) is 3.65. The van der Waals surface area contributed by atoms with Crippen LogP contribution >= 0.6 is 15.9 Å². The van der Waals surface area contributed by atoms with Crippen molar-refractivity contribution in [2.24, 2.45) is 0 Å². The second kappa shape index (κ2) is 9.13. The molecule has 0 aliphatic carbocycles. The van der Waals surface area contributed by atoms with Crippen LogP contribution in [0.2, 0.25) is 0 Å². The van der Waals surface area contributed by atoms with E-state index in [0.717, 1.165) is 32.8 Å². The van der Waals surface area contributed by atoms with Crippen molar-refractivity contribution >= 4 is 21.8 Å². The van der Waals surface area contributed by atoms with Gasteiger partial charge in [0.05, 0.1) is 12.6 Å². The fraction of sp³-hybridized carbons (Fsp3) is 0.381. The fourth-order valence-electron chi connectivity index (χ4n) is 2.98. The predicted octanol–water partition coefficient (Wildman–Crippen LogP) is 4.43. The van der Waals surface area contributed by atoms with Crippen molar-refractivity contribution in [1.82, 2.24) is 5.32 Å². The van der Waals surface area contributed by atoms with Gasteiger partial charge in [-0.2, -0.15) is 0 Å². The largest absolute Gasteiger partial charge is 0.494 e. The molecule has 0 radical (unpaired) electrons. The Hall–Kier alpha value is -2.21. The SMILES string of the molecule is CCOc1ccc(CCC(=O)NC(C)c2cc3c(cc2Br)OCCO3)cc1. The molecule has 0 aromatic heterocycles. The van der Waals surface area contributed by atoms with Crippen molar-refractivity contribution in [3.63, 3.8) is 0 Å². The van der Waals surface area contributed by atoms with Crippen LogP contribution < -0.4 is 19.5 Å². The summed E-state index contributed by atoms with van der Waals surface area (Å²) in [5.41, 5.74) is 2.08. The molecule has 27 heavy (non-hydrogen) atoms. The van der Waals surface area contributed by atoms with Gasteiger partial charge >= 0.3 is 0 Å². The average molecular weight is 434 g/mol. The van der Waals surface area contributed by atoms with Crippen LogP contribution in [-0.4, -0.2) is 25.7 Å². The summed E-state index contributed by atoms with van der Waals surface area (Å²) in [6, 6.07) is 11.6. The number of ether oxygens (including phenoxy) is 3. The van der Waals surface area contributed by atoms with Crippen molar-refractivity contribution in [2.75, 3.05) is 19.8 Å². The maximum atomic E-state index is 12.4. The molecule has 0 spiro atoms. The number of fused-ring (bicyclic) bond motifs is 1. The lowest BCUT2D eigenvalue weighted by atomic mass is 10.1. The van der Waals surface area contributed by atoms with E-state index in [1.54, 1.807) is 0 Å². The third-order valence-corrected chi connectivity index (χ3v) is 5.07. The van der Waals surface area contributed by atoms with Gasteiger partial charge in [-0.15, -0.1) is 0 Å². The van der Waals surface area contributed by atoms with Crippen LogP contribution in [0.4, 0.5) is 0 Å². The summed E-state index contributed by atoms with van der Waals surface area (Å²) >= 11 is 3.56. The van der Waals surface area contributed by atoms with Gasteiger partial charge in [0.2, 0.25) is 5.91 Å². The van der Waals surface area contributed by atoms with Crippen LogP contribution in [-0.2, 0) is 11.2 Å². The summed E-state index contributed by atoms with van der Waals surface area (Å²) in [7, 11) is 0. The minimum atomic E-state index is -0.136. The van der Waals surface area contributed by atoms with Crippen LogP contribution in [0.15, 0.2) is 40.9 Å². The Balaban J connectivity index is 1.56. The van der Waals surface area contributed by atoms with Crippen LogP contribution in [0, 0.1) is 0 Å². The Morgan fingerprint density at radius 3 is 2.52 bits per heavy atom. The van der Waals surface area contributed by atoms with Gasteiger partial charge in [0.1, 0.15) is 19.0 Å². The number of amides is 1. The summed E-state index contributed by atoms with van der Waals surface area (Å²) in [4.78, 5) is 12.4. The van der Waals surface area contributed by atoms with Gasteiger partial charge in [-0.3, -0.25) is 4.79 Å². The van der Waals surface area contributed by atoms with Gasteiger partial charge in [0, 0.05) is 10.9 Å². The normalized spacial score (nSPS) is 13.7. The Bertz CT molecular complexity index is 792. The number of hydrogen-bond donors (Lipinski definition) is 1. The quantitative estimate of drug-likeness (QED) is 0.701. The molecule has 1 amide bonds. The molecule has 144 valence electrons. The minimum absolute atomic E-state index is 0.0122. The zero-order valence-corrected chi connectivity index (χ0v) is 17.2. The number of carbonyl (C=O) groups excluding carboxylic acids is 1. The Morgan fingerprint density at radius 1 is 1.19 bits per heavy atom. The molecular formula is C21H24BrNO4. The van der Waals surface area contributed by atoms with Gasteiger partial charge in [-0.1, -0.05) is 28.1 Å². The smallest absolute Gasteiger partial charge is 0.220 e. The molecule has 3 rings (SSSR count). The van der Waals surface area contributed by atoms with Crippen LogP contribution in [0.1, 0.15) is 37.4 Å². The minimum Gasteiger partial charge on any atom is -0.494 e. The molecule has 0 fully saturated rings. The number of benzene rings is 2. The highest BCUT2D eigenvalue weighted by Crippen LogP contribution is 2.37. The zero-order chi connectivity index (χ0) is 19.2. The van der Waals surface area contributed by atoms with Gasteiger partial charge in [0.15, 0.2) is 11.5 Å². The van der Waals surface area contributed by atoms with E-state index < -0.39 is 0 Å². The average Bonchev–Trinajstić information content (AvgIpc) is 2.67. The predicted molar refractivity (Wildman–Crippen MR) is 108 cm³/mol. The molecule has 1 aliphatic heterocycles. The second-order valence-corrected chi connectivity index (χ2v) is 7.24. The first-order chi connectivity index (χ1) is 13.1. The number of halogens is 1. The molecule has 6 heteroatoms. The van der Waals surface area contributed by atoms with E-state index in [-0.39, 0.29) is 11.9 Å². The number of rotatable bonds is 7. The molecule has 1 heterocycles. The zero-order valence-electron chi connectivity index (χ0n) is 15.6. The van der Waals surface area contributed by atoms with Crippen molar-refractivity contribution in [2.45, 2.75) is 32.7 Å². The van der Waals surface area contributed by atoms with E-state index in [2.05, 4.69) is 21.2 Å². The summed E-state index contributed by atoms with van der Waals surface area (Å²) in [6.45, 7) is 5.66. The molecule has 2 aromatic rings. The third-order valence-electron chi connectivity index (χ3n) is 4.38. The monoisotopic (exact) mass is 433 g/mol. The van der Waals surface area contributed by atoms with Crippen molar-refractivity contribution in [1.29, 1.82) is 0 Å². The molecular weight excluding hydrogens is 410 g/mol. The number of hydrogen-bond acceptors (Lipinski definition) is 4. The van der Waals surface area contributed by atoms with E-state index in [4.69, 9.17) is 14.2 Å². The Labute approximate surface area is 168 Å². The van der Waals surface area contributed by atoms with Gasteiger partial charge in [-0.25, -0.2) is 0 Å². The first kappa shape index (κ1) is 19.5. The highest BCUT2D eigenvalue weighted by atomic mass is 79.9. The lowest BCUT2D eigenvalue weighted by Crippen LogP contribution is -2.27. The van der Waals surface area contributed by atoms with E-state index in [0.29, 0.717) is 32.7 Å². The molecule has 0 bridgehead atoms. The molecule has 5 nitrogen and oxygen atoms in total. The van der Waals surface area contributed by atoms with E-state index in [1.165, 1.54) is 0 Å². The number of aryl methyl sites for hydroxylation is 1. The van der Waals surface area contributed by atoms with Crippen LogP contribution in [0.3, 0.4) is 0 Å². The van der Waals surface area contributed by atoms with E-state index in [9.17, 15) is 4.79 Å². The van der Waals surface area contributed by atoms with Crippen LogP contribution in [0.5, 0.6) is 17.2 Å².